The Bertz CT molecular complexity index is 1520. The summed E-state index contributed by atoms with van der Waals surface area (Å²) in [6, 6.07) is 14.4. The Labute approximate surface area is 330 Å². The van der Waals surface area contributed by atoms with Crippen LogP contribution >= 0.6 is 24.4 Å². The van der Waals surface area contributed by atoms with E-state index in [0.717, 1.165) is 38.2 Å². The van der Waals surface area contributed by atoms with E-state index in [1.54, 1.807) is 11.8 Å². The summed E-state index contributed by atoms with van der Waals surface area (Å²) in [4.78, 5) is 56.7. The lowest BCUT2D eigenvalue weighted by Crippen LogP contribution is -2.49. The molecule has 13 nitrogen and oxygen atoms in total. The number of methoxy groups -OCH3 is 1. The number of thioether (sulfide) groups is 1. The van der Waals surface area contributed by atoms with Crippen LogP contribution in [0.5, 0.6) is 0 Å². The SMILES string of the molecule is COC(=O)[C@H](CCSC)NC(=O)CN(Cc1cccc2ccccc12)C[C@@H]1CCCN1C[C@@H](N)CS.O=C(O)C(F)(F)F.O=C(O)C(F)(F)F.O=C(O)C(F)(F)F. The van der Waals surface area contributed by atoms with Crippen molar-refractivity contribution in [3.05, 3.63) is 48.0 Å². The third-order valence-corrected chi connectivity index (χ3v) is 8.58. The Morgan fingerprint density at radius 3 is 1.91 bits per heavy atom. The first-order chi connectivity index (χ1) is 26.3. The molecule has 1 saturated heterocycles. The number of fused-ring (bicyclic) bond motifs is 1. The average molecular weight is 875 g/mol. The van der Waals surface area contributed by atoms with Crippen LogP contribution in [0.15, 0.2) is 42.5 Å². The molecule has 6 N–H and O–H groups in total. The van der Waals surface area contributed by atoms with E-state index < -0.39 is 48.4 Å². The van der Waals surface area contributed by atoms with Crippen LogP contribution in [0, 0.1) is 0 Å². The molecular formula is C33H43F9N4O9S2. The maximum atomic E-state index is 13.2. The van der Waals surface area contributed by atoms with Crippen LogP contribution in [0.1, 0.15) is 24.8 Å². The van der Waals surface area contributed by atoms with Crippen molar-refractivity contribution < 1.29 is 83.5 Å². The van der Waals surface area contributed by atoms with Crippen molar-refractivity contribution >= 4 is 64.9 Å². The molecule has 1 heterocycles. The zero-order valence-electron chi connectivity index (χ0n) is 30.4. The van der Waals surface area contributed by atoms with E-state index in [2.05, 4.69) is 58.1 Å². The number of halogens is 9. The van der Waals surface area contributed by atoms with Gasteiger partial charge in [-0.05, 0) is 54.2 Å². The molecule has 57 heavy (non-hydrogen) atoms. The molecule has 3 rings (SSSR count). The number of ether oxygens (including phenoxy) is 1. The summed E-state index contributed by atoms with van der Waals surface area (Å²) in [6.07, 6.45) is -10.5. The number of hydrogen-bond acceptors (Lipinski definition) is 11. The fourth-order valence-electron chi connectivity index (χ4n) is 4.93. The molecule has 0 saturated carbocycles. The van der Waals surface area contributed by atoms with Crippen LogP contribution in [0.4, 0.5) is 39.5 Å². The van der Waals surface area contributed by atoms with E-state index in [9.17, 15) is 49.1 Å². The van der Waals surface area contributed by atoms with Gasteiger partial charge in [-0.1, -0.05) is 42.5 Å². The standard InChI is InChI=1S/C27H40N4O3S2.3C2HF3O2/c1-34-27(33)25(12-14-36-2)29-26(32)18-30(17-23-10-6-13-31(23)16-22(28)19-35)15-21-9-5-8-20-7-3-4-11-24(20)21;3*3-2(4,5)1(6)7/h3-5,7-9,11,22-23,25,35H,6,10,12-19,28H2,1-2H3,(H,29,32);3*(H,6,7)/t22-,23+,25+;;;/m1.../s1. The Morgan fingerprint density at radius 2 is 1.44 bits per heavy atom. The number of carbonyl (C=O) groups is 5. The minimum Gasteiger partial charge on any atom is -0.475 e. The monoisotopic (exact) mass is 874 g/mol. The van der Waals surface area contributed by atoms with Crippen molar-refractivity contribution in [2.45, 2.75) is 62.5 Å². The second-order valence-corrected chi connectivity index (χ2v) is 13.2. The van der Waals surface area contributed by atoms with Crippen LogP contribution < -0.4 is 11.1 Å². The lowest BCUT2D eigenvalue weighted by Gasteiger charge is -2.32. The number of rotatable bonds is 14. The highest BCUT2D eigenvalue weighted by atomic mass is 32.2. The first-order valence-corrected chi connectivity index (χ1v) is 18.4. The molecule has 0 unspecified atom stereocenters. The number of amides is 1. The predicted octanol–water partition coefficient (Wildman–Crippen LogP) is 4.67. The van der Waals surface area contributed by atoms with Gasteiger partial charge >= 0.3 is 42.4 Å². The van der Waals surface area contributed by atoms with Crippen LogP contribution in [0.2, 0.25) is 0 Å². The maximum Gasteiger partial charge on any atom is 0.490 e. The van der Waals surface area contributed by atoms with E-state index >= 15 is 0 Å². The first kappa shape index (κ1) is 53.0. The van der Waals surface area contributed by atoms with E-state index in [1.807, 2.05) is 18.4 Å². The topological polar surface area (TPSA) is 200 Å². The van der Waals surface area contributed by atoms with Gasteiger partial charge in [-0.2, -0.15) is 63.9 Å². The summed E-state index contributed by atoms with van der Waals surface area (Å²) >= 11 is 6.00. The molecule has 24 heteroatoms. The van der Waals surface area contributed by atoms with Crippen molar-refractivity contribution in [1.29, 1.82) is 0 Å². The molecule has 324 valence electrons. The minimum atomic E-state index is -5.08. The average Bonchev–Trinajstić information content (AvgIpc) is 3.54. The third-order valence-electron chi connectivity index (χ3n) is 7.47. The van der Waals surface area contributed by atoms with Crippen molar-refractivity contribution in [2.75, 3.05) is 51.1 Å². The normalized spacial score (nSPS) is 15.4. The number of carboxylic acid groups (broad SMARTS) is 3. The molecule has 1 fully saturated rings. The number of hydrogen-bond donors (Lipinski definition) is 6. The smallest absolute Gasteiger partial charge is 0.475 e. The second kappa shape index (κ2) is 25.4. The number of likely N-dealkylation sites (tertiary alicyclic amines) is 1. The van der Waals surface area contributed by atoms with Gasteiger partial charge in [0.1, 0.15) is 6.04 Å². The summed E-state index contributed by atoms with van der Waals surface area (Å²) in [5, 5.41) is 26.7. The van der Waals surface area contributed by atoms with Gasteiger partial charge < -0.3 is 31.1 Å². The van der Waals surface area contributed by atoms with Gasteiger partial charge in [-0.25, -0.2) is 19.2 Å². The molecule has 1 amide bonds. The van der Waals surface area contributed by atoms with Crippen molar-refractivity contribution in [3.63, 3.8) is 0 Å². The fraction of sp³-hybridized carbons (Fsp3) is 0.545. The Kier molecular flexibility index (Phi) is 23.6. The zero-order valence-corrected chi connectivity index (χ0v) is 32.1. The molecule has 1 aliphatic rings. The molecule has 0 aromatic heterocycles. The fourth-order valence-corrected chi connectivity index (χ4v) is 5.51. The summed E-state index contributed by atoms with van der Waals surface area (Å²) < 4.78 is 100. The van der Waals surface area contributed by atoms with Crippen LogP contribution in [-0.4, -0.2) is 143 Å². The van der Waals surface area contributed by atoms with E-state index in [-0.39, 0.29) is 18.5 Å². The van der Waals surface area contributed by atoms with Gasteiger partial charge in [0, 0.05) is 37.5 Å². The summed E-state index contributed by atoms with van der Waals surface area (Å²) in [6.45, 7) is 3.43. The summed E-state index contributed by atoms with van der Waals surface area (Å²) in [5.41, 5.74) is 7.39. The molecule has 3 atom stereocenters. The molecule has 2 aromatic rings. The number of benzene rings is 2. The molecular weight excluding hydrogens is 831 g/mol. The number of nitrogens with one attached hydrogen (secondary N) is 1. The Morgan fingerprint density at radius 1 is 0.930 bits per heavy atom. The lowest BCUT2D eigenvalue weighted by atomic mass is 10.0. The van der Waals surface area contributed by atoms with E-state index in [1.165, 1.54) is 23.4 Å². The molecule has 0 bridgehead atoms. The highest BCUT2D eigenvalue weighted by Gasteiger charge is 2.39. The Hall–Kier alpha value is -4.00. The van der Waals surface area contributed by atoms with Gasteiger partial charge in [0.25, 0.3) is 0 Å². The number of aliphatic carboxylic acids is 3. The number of thiol groups is 1. The molecule has 0 radical (unpaired) electrons. The summed E-state index contributed by atoms with van der Waals surface area (Å²) in [7, 11) is 1.36. The summed E-state index contributed by atoms with van der Waals surface area (Å²) in [5.74, 6) is -7.42. The van der Waals surface area contributed by atoms with Gasteiger partial charge in [0.2, 0.25) is 5.91 Å². The molecule has 1 aliphatic heterocycles. The van der Waals surface area contributed by atoms with E-state index in [4.69, 9.17) is 40.2 Å². The predicted molar refractivity (Wildman–Crippen MR) is 194 cm³/mol. The molecule has 2 aromatic carbocycles. The number of nitrogens with two attached hydrogens (primary N) is 1. The third kappa shape index (κ3) is 21.9. The van der Waals surface area contributed by atoms with E-state index in [0.29, 0.717) is 24.8 Å². The van der Waals surface area contributed by atoms with Crippen LogP contribution in [-0.2, 0) is 35.3 Å². The van der Waals surface area contributed by atoms with Crippen LogP contribution in [0.25, 0.3) is 10.8 Å². The van der Waals surface area contributed by atoms with Gasteiger partial charge in [0.15, 0.2) is 0 Å². The quantitative estimate of drug-likeness (QED) is 0.0871. The number of alkyl halides is 9. The number of esters is 1. The number of carboxylic acids is 3. The molecule has 0 aliphatic carbocycles. The van der Waals surface area contributed by atoms with Crippen LogP contribution in [0.3, 0.4) is 0 Å². The highest BCUT2D eigenvalue weighted by molar-refractivity contribution is 7.98. The highest BCUT2D eigenvalue weighted by Crippen LogP contribution is 2.23. The first-order valence-electron chi connectivity index (χ1n) is 16.3. The largest absolute Gasteiger partial charge is 0.490 e. The lowest BCUT2D eigenvalue weighted by molar-refractivity contribution is -0.193. The van der Waals surface area contributed by atoms with Gasteiger partial charge in [-0.3, -0.25) is 14.6 Å². The Balaban J connectivity index is 0.00000121. The van der Waals surface area contributed by atoms with Crippen molar-refractivity contribution in [1.82, 2.24) is 15.1 Å². The van der Waals surface area contributed by atoms with Crippen molar-refractivity contribution in [3.8, 4) is 0 Å². The minimum absolute atomic E-state index is 0.0287. The van der Waals surface area contributed by atoms with Crippen molar-refractivity contribution in [2.24, 2.45) is 5.73 Å². The van der Waals surface area contributed by atoms with Gasteiger partial charge in [-0.15, -0.1) is 0 Å². The molecule has 0 spiro atoms. The number of carbonyl (C=O) groups excluding carboxylic acids is 2. The maximum absolute atomic E-state index is 13.2. The van der Waals surface area contributed by atoms with Gasteiger partial charge in [0.05, 0.1) is 13.7 Å². The zero-order chi connectivity index (χ0) is 44.1. The number of nitrogens with zero attached hydrogens (tertiary/aromatic N) is 2. The second-order valence-electron chi connectivity index (χ2n) is 11.9.